The molecule has 0 amide bonds. The Bertz CT molecular complexity index is 602. The Hall–Kier alpha value is -1.03. The number of hydrogen-bond acceptors (Lipinski definition) is 3. The lowest BCUT2D eigenvalue weighted by atomic mass is 9.82. The molecule has 0 aliphatic carbocycles. The Morgan fingerprint density at radius 2 is 1.90 bits per heavy atom. The molecule has 3 nitrogen and oxygen atoms in total. The van der Waals surface area contributed by atoms with Gasteiger partial charge in [0.1, 0.15) is 11.3 Å². The van der Waals surface area contributed by atoms with Gasteiger partial charge in [0, 0.05) is 15.9 Å². The summed E-state index contributed by atoms with van der Waals surface area (Å²) in [5.41, 5.74) is 0.904. The highest BCUT2D eigenvalue weighted by Crippen LogP contribution is 2.38. The molecule has 1 aromatic heterocycles. The van der Waals surface area contributed by atoms with Crippen LogP contribution < -0.4 is 5.32 Å². The van der Waals surface area contributed by atoms with Gasteiger partial charge in [-0.2, -0.15) is 0 Å². The molecule has 2 rings (SSSR count). The maximum atomic E-state index is 6.09. The molecule has 0 bridgehead atoms. The summed E-state index contributed by atoms with van der Waals surface area (Å²) in [6.07, 6.45) is 2.08. The van der Waals surface area contributed by atoms with Crippen LogP contribution in [0.2, 0.25) is 5.02 Å². The summed E-state index contributed by atoms with van der Waals surface area (Å²) in [6.45, 7) is 4.46. The summed E-state index contributed by atoms with van der Waals surface area (Å²) in [6, 6.07) is 7.99. The van der Waals surface area contributed by atoms with Gasteiger partial charge in [-0.15, -0.1) is 0 Å². The molecular formula is C17H25ClN2O. The molecule has 21 heavy (non-hydrogen) atoms. The number of halogens is 1. The first-order valence-corrected chi connectivity index (χ1v) is 7.90. The van der Waals surface area contributed by atoms with Crippen molar-refractivity contribution in [2.75, 3.05) is 21.1 Å². The van der Waals surface area contributed by atoms with Gasteiger partial charge in [0.05, 0.1) is 6.04 Å². The Morgan fingerprint density at radius 1 is 1.24 bits per heavy atom. The third kappa shape index (κ3) is 2.83. The zero-order chi connectivity index (χ0) is 15.6. The van der Waals surface area contributed by atoms with Crippen LogP contribution in [-0.2, 0) is 0 Å². The van der Waals surface area contributed by atoms with Gasteiger partial charge in [0.2, 0.25) is 0 Å². The number of rotatable bonds is 6. The molecule has 0 aliphatic heterocycles. The number of hydrogen-bond donors (Lipinski definition) is 1. The van der Waals surface area contributed by atoms with E-state index in [9.17, 15) is 0 Å². The second kappa shape index (κ2) is 6.39. The highest BCUT2D eigenvalue weighted by Gasteiger charge is 2.39. The van der Waals surface area contributed by atoms with Crippen molar-refractivity contribution in [2.24, 2.45) is 0 Å². The summed E-state index contributed by atoms with van der Waals surface area (Å²) in [5.74, 6) is 0.965. The van der Waals surface area contributed by atoms with Crippen molar-refractivity contribution in [1.29, 1.82) is 0 Å². The van der Waals surface area contributed by atoms with Crippen molar-refractivity contribution in [1.82, 2.24) is 10.2 Å². The Balaban J connectivity index is 2.51. The Morgan fingerprint density at radius 3 is 2.43 bits per heavy atom. The highest BCUT2D eigenvalue weighted by molar-refractivity contribution is 6.31. The van der Waals surface area contributed by atoms with Gasteiger partial charge >= 0.3 is 0 Å². The first kappa shape index (κ1) is 16.3. The van der Waals surface area contributed by atoms with Gasteiger partial charge in [0.25, 0.3) is 0 Å². The van der Waals surface area contributed by atoms with Crippen molar-refractivity contribution in [3.8, 4) is 0 Å². The summed E-state index contributed by atoms with van der Waals surface area (Å²) >= 11 is 6.07. The number of furan rings is 1. The SMILES string of the molecule is CCC(CC)(C(NC)c1cc2cc(Cl)ccc2o1)N(C)C. The Kier molecular flexibility index (Phi) is 4.97. The largest absolute Gasteiger partial charge is 0.459 e. The highest BCUT2D eigenvalue weighted by atomic mass is 35.5. The number of likely N-dealkylation sites (N-methyl/N-ethyl adjacent to an activating group) is 2. The molecule has 1 heterocycles. The molecule has 0 saturated carbocycles. The van der Waals surface area contributed by atoms with Crippen molar-refractivity contribution >= 4 is 22.6 Å². The minimum atomic E-state index is 0.0203. The number of nitrogens with one attached hydrogen (secondary N) is 1. The second-order valence-corrected chi connectivity index (χ2v) is 6.19. The van der Waals surface area contributed by atoms with Gasteiger partial charge in [0.15, 0.2) is 0 Å². The molecule has 1 aromatic carbocycles. The van der Waals surface area contributed by atoms with E-state index in [2.05, 4.69) is 44.2 Å². The predicted molar refractivity (Wildman–Crippen MR) is 90.0 cm³/mol. The van der Waals surface area contributed by atoms with E-state index in [-0.39, 0.29) is 11.6 Å². The molecule has 0 fully saturated rings. The van der Waals surface area contributed by atoms with Crippen molar-refractivity contribution in [2.45, 2.75) is 38.3 Å². The number of benzene rings is 1. The van der Waals surface area contributed by atoms with E-state index in [4.69, 9.17) is 16.0 Å². The van der Waals surface area contributed by atoms with Gasteiger partial charge in [-0.1, -0.05) is 25.4 Å². The number of fused-ring (bicyclic) bond motifs is 1. The van der Waals surface area contributed by atoms with E-state index >= 15 is 0 Å². The van der Waals surface area contributed by atoms with Crippen LogP contribution in [0, 0.1) is 0 Å². The minimum absolute atomic E-state index is 0.0203. The van der Waals surface area contributed by atoms with Crippen molar-refractivity contribution in [3.63, 3.8) is 0 Å². The van der Waals surface area contributed by atoms with E-state index in [1.165, 1.54) is 0 Å². The van der Waals surface area contributed by atoms with Crippen LogP contribution in [0.5, 0.6) is 0 Å². The third-order valence-electron chi connectivity index (χ3n) is 4.72. The molecule has 4 heteroatoms. The summed E-state index contributed by atoms with van der Waals surface area (Å²) in [5, 5.41) is 5.24. The van der Waals surface area contributed by atoms with E-state index < -0.39 is 0 Å². The van der Waals surface area contributed by atoms with Crippen LogP contribution in [0.25, 0.3) is 11.0 Å². The van der Waals surface area contributed by atoms with Gasteiger partial charge in [-0.3, -0.25) is 0 Å². The van der Waals surface area contributed by atoms with E-state index in [1.807, 2.05) is 25.2 Å². The molecule has 116 valence electrons. The zero-order valence-corrected chi connectivity index (χ0v) is 14.3. The first-order chi connectivity index (χ1) is 9.98. The van der Waals surface area contributed by atoms with Crippen LogP contribution in [0.1, 0.15) is 38.5 Å². The molecule has 0 radical (unpaired) electrons. The molecule has 1 N–H and O–H groups in total. The fourth-order valence-electron chi connectivity index (χ4n) is 3.40. The molecule has 2 aromatic rings. The average molecular weight is 309 g/mol. The summed E-state index contributed by atoms with van der Waals surface area (Å²) < 4.78 is 6.09. The molecule has 0 aliphatic rings. The maximum absolute atomic E-state index is 6.09. The standard InChI is InChI=1S/C17H25ClN2O/c1-6-17(7-2,20(4)5)16(19-3)15-11-12-10-13(18)8-9-14(12)21-15/h8-11,16,19H,6-7H2,1-5H3. The van der Waals surface area contributed by atoms with Crippen LogP contribution in [0.4, 0.5) is 0 Å². The molecule has 1 atom stereocenters. The van der Waals surface area contributed by atoms with Crippen molar-refractivity contribution < 1.29 is 4.42 Å². The van der Waals surface area contributed by atoms with E-state index in [1.54, 1.807) is 0 Å². The molecule has 0 saturated heterocycles. The van der Waals surface area contributed by atoms with Crippen molar-refractivity contribution in [3.05, 3.63) is 35.0 Å². The third-order valence-corrected chi connectivity index (χ3v) is 4.96. The normalized spacial score (nSPS) is 14.0. The first-order valence-electron chi connectivity index (χ1n) is 7.52. The second-order valence-electron chi connectivity index (χ2n) is 5.76. The fraction of sp³-hybridized carbons (Fsp3) is 0.529. The smallest absolute Gasteiger partial charge is 0.134 e. The van der Waals surface area contributed by atoms with Crippen LogP contribution >= 0.6 is 11.6 Å². The van der Waals surface area contributed by atoms with Gasteiger partial charge in [-0.05, 0) is 58.3 Å². The maximum Gasteiger partial charge on any atom is 0.134 e. The van der Waals surface area contributed by atoms with E-state index in [0.29, 0.717) is 0 Å². The lowest BCUT2D eigenvalue weighted by molar-refractivity contribution is 0.0824. The number of nitrogens with zero attached hydrogens (tertiary/aromatic N) is 1. The monoisotopic (exact) mass is 308 g/mol. The Labute approximate surface area is 132 Å². The quantitative estimate of drug-likeness (QED) is 0.853. The van der Waals surface area contributed by atoms with Crippen LogP contribution in [0.3, 0.4) is 0 Å². The molecule has 0 spiro atoms. The predicted octanol–water partition coefficient (Wildman–Crippen LogP) is 4.47. The molecule has 1 unspecified atom stereocenters. The summed E-state index contributed by atoms with van der Waals surface area (Å²) in [4.78, 5) is 2.30. The zero-order valence-electron chi connectivity index (χ0n) is 13.5. The molecular weight excluding hydrogens is 284 g/mol. The fourth-order valence-corrected chi connectivity index (χ4v) is 3.58. The van der Waals surface area contributed by atoms with Gasteiger partial charge < -0.3 is 14.6 Å². The van der Waals surface area contributed by atoms with Crippen LogP contribution in [-0.4, -0.2) is 31.6 Å². The van der Waals surface area contributed by atoms with Crippen LogP contribution in [0.15, 0.2) is 28.7 Å². The minimum Gasteiger partial charge on any atom is -0.459 e. The lowest BCUT2D eigenvalue weighted by Gasteiger charge is -2.44. The summed E-state index contributed by atoms with van der Waals surface area (Å²) in [7, 11) is 6.27. The topological polar surface area (TPSA) is 28.4 Å². The average Bonchev–Trinajstić information content (AvgIpc) is 2.86. The van der Waals surface area contributed by atoms with E-state index in [0.717, 1.165) is 34.6 Å². The van der Waals surface area contributed by atoms with Gasteiger partial charge in [-0.25, -0.2) is 0 Å². The lowest BCUT2D eigenvalue weighted by Crippen LogP contribution is -2.52.